The molecular weight excluding hydrogens is 260 g/mol. The van der Waals surface area contributed by atoms with Crippen LogP contribution in [0.4, 0.5) is 0 Å². The summed E-state index contributed by atoms with van der Waals surface area (Å²) in [5.74, 6) is -0.115. The SMILES string of the molecule is CCCN(CC)CCNC(=O)c1csc(C(C)N)n1. The topological polar surface area (TPSA) is 71.2 Å². The van der Waals surface area contributed by atoms with E-state index >= 15 is 0 Å². The summed E-state index contributed by atoms with van der Waals surface area (Å²) in [5.41, 5.74) is 6.20. The quantitative estimate of drug-likeness (QED) is 0.761. The molecule has 0 radical (unpaired) electrons. The van der Waals surface area contributed by atoms with Crippen molar-refractivity contribution in [3.63, 3.8) is 0 Å². The van der Waals surface area contributed by atoms with Gasteiger partial charge in [0.1, 0.15) is 10.7 Å². The Labute approximate surface area is 119 Å². The number of carbonyl (C=O) groups excluding carboxylic acids is 1. The summed E-state index contributed by atoms with van der Waals surface area (Å²) >= 11 is 1.43. The minimum absolute atomic E-state index is 0.115. The van der Waals surface area contributed by atoms with Gasteiger partial charge >= 0.3 is 0 Å². The number of thiazole rings is 1. The monoisotopic (exact) mass is 284 g/mol. The smallest absolute Gasteiger partial charge is 0.270 e. The van der Waals surface area contributed by atoms with E-state index in [0.29, 0.717) is 12.2 Å². The van der Waals surface area contributed by atoms with Crippen molar-refractivity contribution in [2.24, 2.45) is 5.73 Å². The van der Waals surface area contributed by atoms with Gasteiger partial charge in [-0.25, -0.2) is 4.98 Å². The van der Waals surface area contributed by atoms with Crippen molar-refractivity contribution < 1.29 is 4.79 Å². The number of hydrogen-bond acceptors (Lipinski definition) is 5. The normalized spacial score (nSPS) is 12.7. The van der Waals surface area contributed by atoms with E-state index in [-0.39, 0.29) is 11.9 Å². The van der Waals surface area contributed by atoms with Gasteiger partial charge in [0.05, 0.1) is 6.04 Å². The second-order valence-electron chi connectivity index (χ2n) is 4.55. The van der Waals surface area contributed by atoms with Gasteiger partial charge in [0.15, 0.2) is 0 Å². The number of carbonyl (C=O) groups is 1. The zero-order valence-electron chi connectivity index (χ0n) is 12.0. The largest absolute Gasteiger partial charge is 0.349 e. The van der Waals surface area contributed by atoms with Crippen LogP contribution in [0.25, 0.3) is 0 Å². The van der Waals surface area contributed by atoms with Crippen LogP contribution in [0.3, 0.4) is 0 Å². The molecule has 0 fully saturated rings. The molecule has 1 aromatic rings. The maximum atomic E-state index is 11.9. The molecule has 0 aliphatic heterocycles. The second-order valence-corrected chi connectivity index (χ2v) is 5.44. The van der Waals surface area contributed by atoms with Crippen molar-refractivity contribution >= 4 is 17.2 Å². The fourth-order valence-corrected chi connectivity index (χ4v) is 2.52. The lowest BCUT2D eigenvalue weighted by molar-refractivity contribution is 0.0944. The zero-order valence-corrected chi connectivity index (χ0v) is 12.8. The third-order valence-electron chi connectivity index (χ3n) is 2.84. The van der Waals surface area contributed by atoms with Crippen LogP contribution in [0.2, 0.25) is 0 Å². The fourth-order valence-electron chi connectivity index (χ4n) is 1.76. The predicted octanol–water partition coefficient (Wildman–Crippen LogP) is 1.62. The molecule has 108 valence electrons. The molecule has 1 atom stereocenters. The van der Waals surface area contributed by atoms with Gasteiger partial charge in [-0.05, 0) is 26.4 Å². The first kappa shape index (κ1) is 16.1. The summed E-state index contributed by atoms with van der Waals surface area (Å²) < 4.78 is 0. The van der Waals surface area contributed by atoms with E-state index in [0.717, 1.165) is 31.1 Å². The van der Waals surface area contributed by atoms with Crippen LogP contribution in [0.1, 0.15) is 48.7 Å². The van der Waals surface area contributed by atoms with Gasteiger partial charge in [-0.1, -0.05) is 13.8 Å². The van der Waals surface area contributed by atoms with Crippen LogP contribution in [0.15, 0.2) is 5.38 Å². The Morgan fingerprint density at radius 1 is 1.53 bits per heavy atom. The molecule has 0 saturated heterocycles. The maximum absolute atomic E-state index is 11.9. The average Bonchev–Trinajstić information content (AvgIpc) is 2.87. The standard InChI is InChI=1S/C13H24N4OS/c1-4-7-17(5-2)8-6-15-12(18)11-9-19-13(16-11)10(3)14/h9-10H,4-8,14H2,1-3H3,(H,15,18). The molecular formula is C13H24N4OS. The van der Waals surface area contributed by atoms with E-state index in [9.17, 15) is 4.79 Å². The summed E-state index contributed by atoms with van der Waals surface area (Å²) in [5, 5.41) is 5.46. The maximum Gasteiger partial charge on any atom is 0.270 e. The lowest BCUT2D eigenvalue weighted by Crippen LogP contribution is -2.35. The van der Waals surface area contributed by atoms with Crippen molar-refractivity contribution in [2.45, 2.75) is 33.2 Å². The first-order valence-corrected chi connectivity index (χ1v) is 7.68. The molecule has 0 aromatic carbocycles. The molecule has 1 heterocycles. The van der Waals surface area contributed by atoms with Crippen molar-refractivity contribution in [1.82, 2.24) is 15.2 Å². The van der Waals surface area contributed by atoms with Crippen LogP contribution in [-0.2, 0) is 0 Å². The fraction of sp³-hybridized carbons (Fsp3) is 0.692. The molecule has 19 heavy (non-hydrogen) atoms. The molecule has 5 nitrogen and oxygen atoms in total. The third kappa shape index (κ3) is 5.26. The van der Waals surface area contributed by atoms with Crippen LogP contribution >= 0.6 is 11.3 Å². The minimum Gasteiger partial charge on any atom is -0.349 e. The number of nitrogens with one attached hydrogen (secondary N) is 1. The number of amides is 1. The summed E-state index contributed by atoms with van der Waals surface area (Å²) in [4.78, 5) is 18.4. The van der Waals surface area contributed by atoms with Gasteiger partial charge < -0.3 is 16.0 Å². The first-order valence-electron chi connectivity index (χ1n) is 6.80. The number of aromatic nitrogens is 1. The van der Waals surface area contributed by atoms with E-state index < -0.39 is 0 Å². The molecule has 0 aliphatic carbocycles. The Morgan fingerprint density at radius 2 is 2.26 bits per heavy atom. The van der Waals surface area contributed by atoms with Crippen LogP contribution in [0.5, 0.6) is 0 Å². The van der Waals surface area contributed by atoms with Crippen LogP contribution < -0.4 is 11.1 Å². The van der Waals surface area contributed by atoms with Crippen LogP contribution in [-0.4, -0.2) is 42.0 Å². The molecule has 1 rings (SSSR count). The lowest BCUT2D eigenvalue weighted by atomic mass is 10.3. The number of nitrogens with two attached hydrogens (primary N) is 1. The summed E-state index contributed by atoms with van der Waals surface area (Å²) in [7, 11) is 0. The average molecular weight is 284 g/mol. The molecule has 0 saturated carbocycles. The van der Waals surface area contributed by atoms with Crippen molar-refractivity contribution in [2.75, 3.05) is 26.2 Å². The highest BCUT2D eigenvalue weighted by Crippen LogP contribution is 2.15. The molecule has 3 N–H and O–H groups in total. The molecule has 1 amide bonds. The summed E-state index contributed by atoms with van der Waals surface area (Å²) in [6, 6.07) is -0.119. The molecule has 1 unspecified atom stereocenters. The Kier molecular flexibility index (Phi) is 6.97. The Morgan fingerprint density at radius 3 is 2.79 bits per heavy atom. The zero-order chi connectivity index (χ0) is 14.3. The lowest BCUT2D eigenvalue weighted by Gasteiger charge is -2.19. The van der Waals surface area contributed by atoms with E-state index in [4.69, 9.17) is 5.73 Å². The highest BCUT2D eigenvalue weighted by atomic mass is 32.1. The van der Waals surface area contributed by atoms with Gasteiger partial charge in [-0.2, -0.15) is 0 Å². The van der Waals surface area contributed by atoms with E-state index in [1.165, 1.54) is 11.3 Å². The van der Waals surface area contributed by atoms with Gasteiger partial charge in [-0.3, -0.25) is 4.79 Å². The molecule has 1 aromatic heterocycles. The number of rotatable bonds is 8. The molecule has 0 bridgehead atoms. The summed E-state index contributed by atoms with van der Waals surface area (Å²) in [6.45, 7) is 9.76. The van der Waals surface area contributed by atoms with Gasteiger partial charge in [0.25, 0.3) is 5.91 Å². The molecule has 6 heteroatoms. The first-order chi connectivity index (χ1) is 9.08. The highest BCUT2D eigenvalue weighted by molar-refractivity contribution is 7.09. The van der Waals surface area contributed by atoms with Gasteiger partial charge in [-0.15, -0.1) is 11.3 Å². The van der Waals surface area contributed by atoms with Crippen LogP contribution in [0, 0.1) is 0 Å². The molecule has 0 spiro atoms. The Hall–Kier alpha value is -0.980. The predicted molar refractivity (Wildman–Crippen MR) is 79.5 cm³/mol. The van der Waals surface area contributed by atoms with Crippen molar-refractivity contribution in [1.29, 1.82) is 0 Å². The Balaban J connectivity index is 2.38. The third-order valence-corrected chi connectivity index (χ3v) is 3.89. The Bertz CT molecular complexity index is 392. The number of hydrogen-bond donors (Lipinski definition) is 2. The summed E-state index contributed by atoms with van der Waals surface area (Å²) in [6.07, 6.45) is 1.13. The van der Waals surface area contributed by atoms with E-state index in [1.54, 1.807) is 5.38 Å². The molecule has 0 aliphatic rings. The number of likely N-dealkylation sites (N-methyl/N-ethyl adjacent to an activating group) is 1. The second kappa shape index (κ2) is 8.24. The highest BCUT2D eigenvalue weighted by Gasteiger charge is 2.12. The van der Waals surface area contributed by atoms with Gasteiger partial charge in [0.2, 0.25) is 0 Å². The van der Waals surface area contributed by atoms with E-state index in [1.807, 2.05) is 6.92 Å². The van der Waals surface area contributed by atoms with Gasteiger partial charge in [0, 0.05) is 18.5 Å². The minimum atomic E-state index is -0.119. The van der Waals surface area contributed by atoms with E-state index in [2.05, 4.69) is 29.0 Å². The number of nitrogens with zero attached hydrogens (tertiary/aromatic N) is 2. The van der Waals surface area contributed by atoms with Crippen molar-refractivity contribution in [3.8, 4) is 0 Å². The van der Waals surface area contributed by atoms with Crippen molar-refractivity contribution in [3.05, 3.63) is 16.1 Å².